The van der Waals surface area contributed by atoms with Crippen molar-refractivity contribution in [3.05, 3.63) is 29.8 Å². The number of amides is 1. The minimum Gasteiger partial charge on any atom is -0.480 e. The van der Waals surface area contributed by atoms with E-state index in [1.165, 1.54) is 33.5 Å². The topological polar surface area (TPSA) is 95.0 Å². The zero-order chi connectivity index (χ0) is 20.4. The maximum atomic E-state index is 12.9. The van der Waals surface area contributed by atoms with E-state index in [-0.39, 0.29) is 16.5 Å². The molecule has 2 unspecified atom stereocenters. The van der Waals surface area contributed by atoms with Gasteiger partial charge in [0.25, 0.3) is 5.91 Å². The molecule has 0 aliphatic carbocycles. The first-order valence-corrected chi connectivity index (χ1v) is 10.6. The summed E-state index contributed by atoms with van der Waals surface area (Å²) in [5, 5.41) is 8.99. The number of carbonyl (C=O) groups excluding carboxylic acids is 1. The van der Waals surface area contributed by atoms with Crippen molar-refractivity contribution in [3.63, 3.8) is 0 Å². The van der Waals surface area contributed by atoms with E-state index in [9.17, 15) is 18.0 Å². The van der Waals surface area contributed by atoms with Gasteiger partial charge in [-0.3, -0.25) is 9.59 Å². The summed E-state index contributed by atoms with van der Waals surface area (Å²) >= 11 is 0. The Morgan fingerprint density at radius 1 is 1.15 bits per heavy atom. The molecule has 7 nitrogen and oxygen atoms in total. The smallest absolute Gasteiger partial charge is 0.323 e. The van der Waals surface area contributed by atoms with Gasteiger partial charge in [0.15, 0.2) is 0 Å². The lowest BCUT2D eigenvalue weighted by molar-refractivity contribution is -0.138. The van der Waals surface area contributed by atoms with Gasteiger partial charge >= 0.3 is 5.97 Å². The first kappa shape index (κ1) is 21.4. The number of carboxylic acids is 1. The van der Waals surface area contributed by atoms with Crippen LogP contribution in [0, 0.1) is 11.8 Å². The van der Waals surface area contributed by atoms with E-state index in [2.05, 4.69) is 0 Å². The summed E-state index contributed by atoms with van der Waals surface area (Å²) < 4.78 is 27.3. The van der Waals surface area contributed by atoms with Gasteiger partial charge in [0, 0.05) is 24.7 Å². The molecule has 1 amide bonds. The van der Waals surface area contributed by atoms with Crippen LogP contribution in [0.5, 0.6) is 0 Å². The number of aliphatic carboxylic acids is 1. The van der Waals surface area contributed by atoms with Crippen molar-refractivity contribution in [2.45, 2.75) is 45.1 Å². The number of hydrogen-bond donors (Lipinski definition) is 1. The highest BCUT2D eigenvalue weighted by molar-refractivity contribution is 7.89. The highest BCUT2D eigenvalue weighted by Gasteiger charge is 2.32. The van der Waals surface area contributed by atoms with Crippen molar-refractivity contribution in [3.8, 4) is 0 Å². The normalized spacial score (nSPS) is 21.2. The van der Waals surface area contributed by atoms with Crippen LogP contribution in [0.15, 0.2) is 29.2 Å². The van der Waals surface area contributed by atoms with Crippen LogP contribution in [0.4, 0.5) is 0 Å². The molecule has 8 heteroatoms. The van der Waals surface area contributed by atoms with Crippen LogP contribution < -0.4 is 0 Å². The van der Waals surface area contributed by atoms with Gasteiger partial charge in [-0.15, -0.1) is 0 Å². The number of rotatable bonds is 6. The summed E-state index contributed by atoms with van der Waals surface area (Å²) in [6, 6.07) is 5.46. The van der Waals surface area contributed by atoms with Gasteiger partial charge in [0.05, 0.1) is 4.90 Å². The maximum Gasteiger partial charge on any atom is 0.323 e. The lowest BCUT2D eigenvalue weighted by Crippen LogP contribution is -2.42. The third kappa shape index (κ3) is 5.07. The van der Waals surface area contributed by atoms with E-state index < -0.39 is 28.4 Å². The van der Waals surface area contributed by atoms with Crippen molar-refractivity contribution >= 4 is 21.9 Å². The summed E-state index contributed by atoms with van der Waals surface area (Å²) in [4.78, 5) is 24.9. The Hall–Kier alpha value is -1.93. The van der Waals surface area contributed by atoms with Crippen LogP contribution in [0.1, 0.15) is 44.5 Å². The van der Waals surface area contributed by atoms with Gasteiger partial charge in [0.1, 0.15) is 6.54 Å². The third-order valence-electron chi connectivity index (χ3n) is 4.76. The zero-order valence-corrected chi connectivity index (χ0v) is 17.1. The van der Waals surface area contributed by atoms with Crippen molar-refractivity contribution in [1.82, 2.24) is 9.21 Å². The quantitative estimate of drug-likeness (QED) is 0.796. The molecule has 0 bridgehead atoms. The van der Waals surface area contributed by atoms with Crippen molar-refractivity contribution in [2.75, 3.05) is 19.6 Å². The van der Waals surface area contributed by atoms with Crippen molar-refractivity contribution < 1.29 is 23.1 Å². The standard InChI is InChI=1S/C19H28N2O5S/c1-13(2)21(12-18(22)23)19(24)16-5-7-17(8-6-16)27(25,26)20-10-14(3)9-15(4)11-20/h5-8,13-15H,9-12H2,1-4H3,(H,22,23). The lowest BCUT2D eigenvalue weighted by atomic mass is 9.94. The largest absolute Gasteiger partial charge is 0.480 e. The Balaban J connectivity index is 2.23. The summed E-state index contributed by atoms with van der Waals surface area (Å²) in [6.45, 7) is 8.14. The molecule has 1 aromatic rings. The molecule has 1 aromatic carbocycles. The lowest BCUT2D eigenvalue weighted by Gasteiger charge is -2.34. The number of hydrogen-bond acceptors (Lipinski definition) is 4. The minimum absolute atomic E-state index is 0.148. The highest BCUT2D eigenvalue weighted by atomic mass is 32.2. The second kappa shape index (κ2) is 8.39. The molecule has 1 aliphatic rings. The Morgan fingerprint density at radius 2 is 1.67 bits per heavy atom. The van der Waals surface area contributed by atoms with Crippen LogP contribution >= 0.6 is 0 Å². The molecule has 0 aromatic heterocycles. The molecule has 1 saturated heterocycles. The fourth-order valence-corrected chi connectivity index (χ4v) is 5.20. The second-order valence-electron chi connectivity index (χ2n) is 7.71. The first-order chi connectivity index (χ1) is 12.5. The predicted octanol–water partition coefficient (Wildman–Crippen LogP) is 2.29. The minimum atomic E-state index is -3.61. The molecular weight excluding hydrogens is 368 g/mol. The van der Waals surface area contributed by atoms with Crippen molar-refractivity contribution in [2.24, 2.45) is 11.8 Å². The summed E-state index contributed by atoms with van der Waals surface area (Å²) in [7, 11) is -3.61. The molecule has 1 heterocycles. The van der Waals surface area contributed by atoms with E-state index in [0.29, 0.717) is 24.9 Å². The summed E-state index contributed by atoms with van der Waals surface area (Å²) in [5.74, 6) is -0.916. The average Bonchev–Trinajstić information content (AvgIpc) is 2.58. The zero-order valence-electron chi connectivity index (χ0n) is 16.3. The first-order valence-electron chi connectivity index (χ1n) is 9.15. The molecule has 1 N–H and O–H groups in total. The molecule has 27 heavy (non-hydrogen) atoms. The van der Waals surface area contributed by atoms with Gasteiger partial charge in [-0.1, -0.05) is 13.8 Å². The molecule has 1 fully saturated rings. The number of benzene rings is 1. The monoisotopic (exact) mass is 396 g/mol. The van der Waals surface area contributed by atoms with Gasteiger partial charge in [-0.05, 0) is 56.4 Å². The molecule has 2 atom stereocenters. The van der Waals surface area contributed by atoms with Gasteiger partial charge in [-0.25, -0.2) is 8.42 Å². The van der Waals surface area contributed by atoms with E-state index in [1.807, 2.05) is 13.8 Å². The van der Waals surface area contributed by atoms with Crippen LogP contribution in [-0.4, -0.2) is 60.3 Å². The molecule has 0 spiro atoms. The molecule has 1 aliphatic heterocycles. The Bertz CT molecular complexity index is 779. The number of carboxylic acid groups (broad SMARTS) is 1. The SMILES string of the molecule is CC1CC(C)CN(S(=O)(=O)c2ccc(C(=O)N(CC(=O)O)C(C)C)cc2)C1. The summed E-state index contributed by atoms with van der Waals surface area (Å²) in [5.41, 5.74) is 0.268. The highest BCUT2D eigenvalue weighted by Crippen LogP contribution is 2.27. The van der Waals surface area contributed by atoms with E-state index >= 15 is 0 Å². The second-order valence-corrected chi connectivity index (χ2v) is 9.65. The predicted molar refractivity (Wildman–Crippen MR) is 102 cm³/mol. The molecular formula is C19H28N2O5S. The number of sulfonamides is 1. The van der Waals surface area contributed by atoms with Crippen LogP contribution in [0.2, 0.25) is 0 Å². The van der Waals surface area contributed by atoms with Crippen LogP contribution in [0.3, 0.4) is 0 Å². The van der Waals surface area contributed by atoms with Gasteiger partial charge in [-0.2, -0.15) is 4.31 Å². The molecule has 0 saturated carbocycles. The van der Waals surface area contributed by atoms with E-state index in [4.69, 9.17) is 5.11 Å². The van der Waals surface area contributed by atoms with Crippen LogP contribution in [-0.2, 0) is 14.8 Å². The Morgan fingerprint density at radius 3 is 2.11 bits per heavy atom. The van der Waals surface area contributed by atoms with Crippen molar-refractivity contribution in [1.29, 1.82) is 0 Å². The number of carbonyl (C=O) groups is 2. The van der Waals surface area contributed by atoms with E-state index in [1.54, 1.807) is 13.8 Å². The third-order valence-corrected chi connectivity index (χ3v) is 6.61. The molecule has 0 radical (unpaired) electrons. The maximum absolute atomic E-state index is 12.9. The molecule has 2 rings (SSSR count). The van der Waals surface area contributed by atoms with Gasteiger partial charge < -0.3 is 10.0 Å². The van der Waals surface area contributed by atoms with E-state index in [0.717, 1.165) is 6.42 Å². The van der Waals surface area contributed by atoms with Gasteiger partial charge in [0.2, 0.25) is 10.0 Å². The number of piperidine rings is 1. The summed E-state index contributed by atoms with van der Waals surface area (Å²) in [6.07, 6.45) is 1.01. The number of nitrogens with zero attached hydrogens (tertiary/aromatic N) is 2. The average molecular weight is 397 g/mol. The molecule has 150 valence electrons. The Labute approximate surface area is 161 Å². The fraction of sp³-hybridized carbons (Fsp3) is 0.579. The fourth-order valence-electron chi connectivity index (χ4n) is 3.52. The van der Waals surface area contributed by atoms with Crippen LogP contribution in [0.25, 0.3) is 0 Å². The Kier molecular flexibility index (Phi) is 6.64.